The van der Waals surface area contributed by atoms with Crippen LogP contribution in [0.4, 0.5) is 0 Å². The molecule has 0 spiro atoms. The highest BCUT2D eigenvalue weighted by molar-refractivity contribution is 9.10. The Bertz CT molecular complexity index is 956. The number of amides is 1. The van der Waals surface area contributed by atoms with Crippen LogP contribution in [0.5, 0.6) is 0 Å². The monoisotopic (exact) mass is 433 g/mol. The number of halogens is 1. The van der Waals surface area contributed by atoms with Gasteiger partial charge < -0.3 is 15.5 Å². The first-order valence-corrected chi connectivity index (χ1v) is 9.42. The summed E-state index contributed by atoms with van der Waals surface area (Å²) in [5, 5.41) is 0.0555. The molecule has 0 radical (unpaired) electrons. The van der Waals surface area contributed by atoms with Crippen molar-refractivity contribution in [3.63, 3.8) is 0 Å². The average molecular weight is 434 g/mol. The lowest BCUT2D eigenvalue weighted by Crippen LogP contribution is -2.21. The maximum Gasteiger partial charge on any atom is 0.319 e. The summed E-state index contributed by atoms with van der Waals surface area (Å²) >= 11 is 4.66. The first kappa shape index (κ1) is 18.5. The lowest BCUT2D eigenvalue weighted by Gasteiger charge is -2.13. The smallest absolute Gasteiger partial charge is 0.319 e. The molecule has 3 N–H and O–H groups in total. The number of nitrogens with zero attached hydrogens (tertiary/aromatic N) is 1. The molecule has 6 nitrogen and oxygen atoms in total. The quantitative estimate of drug-likeness (QED) is 0.458. The highest BCUT2D eigenvalue weighted by Crippen LogP contribution is 2.28. The zero-order valence-corrected chi connectivity index (χ0v) is 16.3. The second-order valence-electron chi connectivity index (χ2n) is 5.57. The highest BCUT2D eigenvalue weighted by atomic mass is 79.9. The van der Waals surface area contributed by atoms with Crippen molar-refractivity contribution in [2.45, 2.75) is 16.8 Å². The van der Waals surface area contributed by atoms with Crippen LogP contribution in [-0.2, 0) is 16.0 Å². The molecule has 1 amide bonds. The van der Waals surface area contributed by atoms with E-state index in [4.69, 9.17) is 10.5 Å². The number of hydrogen-bond donors (Lipinski definition) is 2. The number of carbonyl (C=O) groups is 2. The van der Waals surface area contributed by atoms with E-state index in [-0.39, 0.29) is 5.97 Å². The van der Waals surface area contributed by atoms with E-state index in [1.54, 1.807) is 18.2 Å². The molecule has 1 unspecified atom stereocenters. The molecule has 3 aromatic rings. The van der Waals surface area contributed by atoms with Crippen LogP contribution in [0.1, 0.15) is 15.9 Å². The Morgan fingerprint density at radius 3 is 2.65 bits per heavy atom. The molecular weight excluding hydrogens is 418 g/mol. The number of aromatic amines is 1. The van der Waals surface area contributed by atoms with Gasteiger partial charge in [-0.1, -0.05) is 45.9 Å². The largest absolute Gasteiger partial charge is 0.468 e. The van der Waals surface area contributed by atoms with E-state index in [9.17, 15) is 9.59 Å². The van der Waals surface area contributed by atoms with Crippen LogP contribution in [0.15, 0.2) is 52.1 Å². The highest BCUT2D eigenvalue weighted by Gasteiger charge is 2.23. The van der Waals surface area contributed by atoms with Crippen LogP contribution >= 0.6 is 27.7 Å². The molecule has 8 heteroatoms. The van der Waals surface area contributed by atoms with Crippen molar-refractivity contribution in [1.82, 2.24) is 9.97 Å². The number of carbonyl (C=O) groups excluding carboxylic acids is 2. The Morgan fingerprint density at radius 2 is 2.00 bits per heavy atom. The molecule has 0 aliphatic carbocycles. The summed E-state index contributed by atoms with van der Waals surface area (Å²) in [6.45, 7) is 0. The Hall–Kier alpha value is -2.32. The van der Waals surface area contributed by atoms with E-state index in [1.807, 2.05) is 24.3 Å². The number of rotatable bonds is 6. The first-order chi connectivity index (χ1) is 12.5. The predicted molar refractivity (Wildman–Crippen MR) is 104 cm³/mol. The van der Waals surface area contributed by atoms with Gasteiger partial charge in [-0.3, -0.25) is 9.59 Å². The molecule has 0 aliphatic heterocycles. The molecule has 26 heavy (non-hydrogen) atoms. The zero-order chi connectivity index (χ0) is 18.7. The Morgan fingerprint density at radius 1 is 1.27 bits per heavy atom. The van der Waals surface area contributed by atoms with Gasteiger partial charge in [0.05, 0.1) is 18.2 Å². The fourth-order valence-corrected chi connectivity index (χ4v) is 3.85. The molecule has 134 valence electrons. The second-order valence-corrected chi connectivity index (χ2v) is 7.68. The summed E-state index contributed by atoms with van der Waals surface area (Å²) in [6, 6.07) is 12.9. The Balaban J connectivity index is 1.88. The number of imidazole rings is 1. The van der Waals surface area contributed by atoms with Crippen molar-refractivity contribution >= 4 is 50.6 Å². The van der Waals surface area contributed by atoms with Gasteiger partial charge in [-0.05, 0) is 36.2 Å². The van der Waals surface area contributed by atoms with Gasteiger partial charge in [0, 0.05) is 4.47 Å². The summed E-state index contributed by atoms with van der Waals surface area (Å²) in [5.74, 6) is -0.883. The van der Waals surface area contributed by atoms with Crippen LogP contribution in [0.3, 0.4) is 0 Å². The Labute approximate surface area is 162 Å². The predicted octanol–water partition coefficient (Wildman–Crippen LogP) is 3.30. The number of H-pyrrole nitrogens is 1. The number of methoxy groups -OCH3 is 1. The molecule has 0 saturated carbocycles. The zero-order valence-electron chi connectivity index (χ0n) is 13.9. The van der Waals surface area contributed by atoms with Gasteiger partial charge in [0.15, 0.2) is 5.16 Å². The number of aromatic nitrogens is 2. The molecule has 0 fully saturated rings. The third-order valence-corrected chi connectivity index (χ3v) is 5.40. The van der Waals surface area contributed by atoms with E-state index in [2.05, 4.69) is 25.9 Å². The average Bonchev–Trinajstić information content (AvgIpc) is 3.04. The van der Waals surface area contributed by atoms with Crippen LogP contribution in [0.25, 0.3) is 11.0 Å². The molecule has 1 heterocycles. The van der Waals surface area contributed by atoms with Crippen LogP contribution < -0.4 is 5.73 Å². The first-order valence-electron chi connectivity index (χ1n) is 7.75. The second kappa shape index (κ2) is 7.92. The van der Waals surface area contributed by atoms with Crippen molar-refractivity contribution in [2.75, 3.05) is 7.11 Å². The van der Waals surface area contributed by atoms with Gasteiger partial charge in [-0.25, -0.2) is 4.98 Å². The maximum atomic E-state index is 12.2. The number of nitrogens with two attached hydrogens (primary N) is 1. The third kappa shape index (κ3) is 4.08. The normalized spacial score (nSPS) is 12.1. The van der Waals surface area contributed by atoms with Gasteiger partial charge in [-0.15, -0.1) is 0 Å². The Kier molecular flexibility index (Phi) is 5.63. The number of ether oxygens (including phenoxy) is 1. The molecule has 0 aliphatic rings. The van der Waals surface area contributed by atoms with Gasteiger partial charge >= 0.3 is 5.97 Å². The number of hydrogen-bond acceptors (Lipinski definition) is 5. The minimum Gasteiger partial charge on any atom is -0.468 e. The number of para-hydroxylation sites is 1. The third-order valence-electron chi connectivity index (χ3n) is 3.81. The van der Waals surface area contributed by atoms with E-state index in [0.29, 0.717) is 28.2 Å². The summed E-state index contributed by atoms with van der Waals surface area (Å²) < 4.78 is 5.90. The minimum atomic E-state index is -0.543. The fraction of sp³-hybridized carbons (Fsp3) is 0.167. The molecule has 1 atom stereocenters. The van der Waals surface area contributed by atoms with Crippen LogP contribution in [0, 0.1) is 0 Å². The van der Waals surface area contributed by atoms with Crippen molar-refractivity contribution in [1.29, 1.82) is 0 Å². The number of primary amides is 1. The van der Waals surface area contributed by atoms with Crippen molar-refractivity contribution < 1.29 is 14.3 Å². The van der Waals surface area contributed by atoms with Gasteiger partial charge in [-0.2, -0.15) is 0 Å². The van der Waals surface area contributed by atoms with E-state index >= 15 is 0 Å². The van der Waals surface area contributed by atoms with Crippen molar-refractivity contribution in [2.24, 2.45) is 5.73 Å². The van der Waals surface area contributed by atoms with Gasteiger partial charge in [0.2, 0.25) is 0 Å². The lowest BCUT2D eigenvalue weighted by atomic mass is 10.1. The molecular formula is C18H16BrN3O3S. The molecule has 1 aromatic heterocycles. The van der Waals surface area contributed by atoms with Gasteiger partial charge in [0.1, 0.15) is 10.8 Å². The van der Waals surface area contributed by atoms with Crippen molar-refractivity contribution in [3.8, 4) is 0 Å². The number of thioether (sulfide) groups is 1. The molecule has 0 bridgehead atoms. The van der Waals surface area contributed by atoms with Crippen molar-refractivity contribution in [3.05, 3.63) is 58.1 Å². The van der Waals surface area contributed by atoms with Crippen LogP contribution in [-0.4, -0.2) is 34.2 Å². The standard InChI is InChI=1S/C18H16BrN3O3S/c1-25-17(24)14(9-10-5-7-11(19)8-6-10)26-18-21-13-4-2-3-12(16(20)23)15(13)22-18/h2-8,14H,9H2,1H3,(H2,20,23)(H,21,22). The summed E-state index contributed by atoms with van der Waals surface area (Å²) in [7, 11) is 1.36. The summed E-state index contributed by atoms with van der Waals surface area (Å²) in [6.07, 6.45) is 0.490. The summed E-state index contributed by atoms with van der Waals surface area (Å²) in [4.78, 5) is 31.3. The van der Waals surface area contributed by atoms with E-state index in [1.165, 1.54) is 18.9 Å². The fourth-order valence-electron chi connectivity index (χ4n) is 2.54. The SMILES string of the molecule is COC(=O)C(Cc1ccc(Br)cc1)Sc1nc2c(C(N)=O)cccc2[nH]1. The number of nitrogens with one attached hydrogen (secondary N) is 1. The van der Waals surface area contributed by atoms with E-state index < -0.39 is 11.2 Å². The maximum absolute atomic E-state index is 12.2. The topological polar surface area (TPSA) is 98.1 Å². The molecule has 3 rings (SSSR count). The van der Waals surface area contributed by atoms with E-state index in [0.717, 1.165) is 10.0 Å². The number of esters is 1. The number of benzene rings is 2. The molecule has 0 saturated heterocycles. The lowest BCUT2D eigenvalue weighted by molar-refractivity contribution is -0.139. The van der Waals surface area contributed by atoms with Crippen LogP contribution in [0.2, 0.25) is 0 Å². The number of fused-ring (bicyclic) bond motifs is 1. The minimum absolute atomic E-state index is 0.339. The summed E-state index contributed by atoms with van der Waals surface area (Å²) in [5.41, 5.74) is 7.93. The van der Waals surface area contributed by atoms with Gasteiger partial charge in [0.25, 0.3) is 5.91 Å². The molecule has 2 aromatic carbocycles.